The lowest BCUT2D eigenvalue weighted by atomic mass is 10.0. The fourth-order valence-electron chi connectivity index (χ4n) is 1.89. The minimum Gasteiger partial charge on any atom is -0.293 e. The second kappa shape index (κ2) is 4.18. The number of hydrogen-bond acceptors (Lipinski definition) is 3. The minimum absolute atomic E-state index is 0.0778. The zero-order valence-corrected chi connectivity index (χ0v) is 10.1. The van der Waals surface area contributed by atoms with Gasteiger partial charge in [-0.1, -0.05) is 6.07 Å². The molecule has 1 aliphatic rings. The molecule has 1 aliphatic heterocycles. The van der Waals surface area contributed by atoms with Gasteiger partial charge in [-0.05, 0) is 30.5 Å². The summed E-state index contributed by atoms with van der Waals surface area (Å²) in [5.41, 5.74) is 1.23. The molecule has 0 bridgehead atoms. The van der Waals surface area contributed by atoms with Crippen LogP contribution < -0.4 is 0 Å². The fraction of sp³-hybridized carbons (Fsp3) is 0.364. The number of alkyl halides is 1. The van der Waals surface area contributed by atoms with Gasteiger partial charge in [0.1, 0.15) is 0 Å². The standard InChI is InChI=1S/C11H11ClO3S/c12-7-10(13)8-3-4-11-9(6-8)2-1-5-16(11,14)15/h3-4,6H,1-2,5,7H2. The van der Waals surface area contributed by atoms with Crippen molar-refractivity contribution in [3.8, 4) is 0 Å². The maximum Gasteiger partial charge on any atom is 0.178 e. The van der Waals surface area contributed by atoms with Crippen molar-refractivity contribution in [1.82, 2.24) is 0 Å². The lowest BCUT2D eigenvalue weighted by Gasteiger charge is -2.16. The summed E-state index contributed by atoms with van der Waals surface area (Å²) in [5.74, 6) is -0.0543. The third kappa shape index (κ3) is 1.99. The number of ketones is 1. The Morgan fingerprint density at radius 3 is 2.81 bits per heavy atom. The molecule has 3 nitrogen and oxygen atoms in total. The van der Waals surface area contributed by atoms with Gasteiger partial charge in [0.25, 0.3) is 0 Å². The van der Waals surface area contributed by atoms with Gasteiger partial charge in [-0.15, -0.1) is 11.6 Å². The molecule has 0 saturated heterocycles. The van der Waals surface area contributed by atoms with Gasteiger partial charge < -0.3 is 0 Å². The second-order valence-electron chi connectivity index (χ2n) is 3.80. The highest BCUT2D eigenvalue weighted by atomic mass is 35.5. The van der Waals surface area contributed by atoms with Crippen molar-refractivity contribution in [3.05, 3.63) is 29.3 Å². The highest BCUT2D eigenvalue weighted by Crippen LogP contribution is 2.26. The van der Waals surface area contributed by atoms with E-state index in [-0.39, 0.29) is 17.4 Å². The summed E-state index contributed by atoms with van der Waals surface area (Å²) in [4.78, 5) is 11.7. The molecule has 2 rings (SSSR count). The van der Waals surface area contributed by atoms with E-state index in [0.29, 0.717) is 23.3 Å². The number of halogens is 1. The maximum absolute atomic E-state index is 11.7. The minimum atomic E-state index is -3.14. The zero-order chi connectivity index (χ0) is 11.8. The van der Waals surface area contributed by atoms with Crippen LogP contribution in [0.25, 0.3) is 0 Å². The third-order valence-corrected chi connectivity index (χ3v) is 4.84. The lowest BCUT2D eigenvalue weighted by molar-refractivity contribution is 0.102. The average Bonchev–Trinajstić information content (AvgIpc) is 2.27. The second-order valence-corrected chi connectivity index (χ2v) is 6.15. The Morgan fingerprint density at radius 1 is 1.38 bits per heavy atom. The number of sulfone groups is 1. The van der Waals surface area contributed by atoms with Crippen molar-refractivity contribution in [2.75, 3.05) is 11.6 Å². The molecule has 0 saturated carbocycles. The number of fused-ring (bicyclic) bond motifs is 1. The van der Waals surface area contributed by atoms with Crippen LogP contribution in [0.15, 0.2) is 23.1 Å². The molecular weight excluding hydrogens is 248 g/mol. The first-order chi connectivity index (χ1) is 7.54. The Hall–Kier alpha value is -0.870. The van der Waals surface area contributed by atoms with Gasteiger partial charge in [0.15, 0.2) is 15.6 Å². The van der Waals surface area contributed by atoms with Crippen molar-refractivity contribution < 1.29 is 13.2 Å². The van der Waals surface area contributed by atoms with E-state index in [1.807, 2.05) is 0 Å². The Bertz CT molecular complexity index is 534. The van der Waals surface area contributed by atoms with Gasteiger partial charge in [-0.25, -0.2) is 8.42 Å². The number of carbonyl (C=O) groups excluding carboxylic acids is 1. The molecule has 0 N–H and O–H groups in total. The first-order valence-corrected chi connectivity index (χ1v) is 7.18. The van der Waals surface area contributed by atoms with Gasteiger partial charge in [-0.2, -0.15) is 0 Å². The SMILES string of the molecule is O=C(CCl)c1ccc2c(c1)CCCS2(=O)=O. The maximum atomic E-state index is 11.7. The Kier molecular flexibility index (Phi) is 3.04. The molecule has 0 aliphatic carbocycles. The number of aryl methyl sites for hydroxylation is 1. The molecule has 0 unspecified atom stereocenters. The van der Waals surface area contributed by atoms with Crippen molar-refractivity contribution in [2.45, 2.75) is 17.7 Å². The molecule has 5 heteroatoms. The molecule has 0 radical (unpaired) electrons. The predicted octanol–water partition coefficient (Wildman–Crippen LogP) is 1.83. The van der Waals surface area contributed by atoms with Crippen LogP contribution in [0.3, 0.4) is 0 Å². The van der Waals surface area contributed by atoms with Gasteiger partial charge in [0.05, 0.1) is 16.5 Å². The lowest BCUT2D eigenvalue weighted by Crippen LogP contribution is -2.16. The Balaban J connectivity index is 2.52. The van der Waals surface area contributed by atoms with Gasteiger partial charge in [-0.3, -0.25) is 4.79 Å². The first-order valence-electron chi connectivity index (χ1n) is 4.99. The van der Waals surface area contributed by atoms with Crippen molar-refractivity contribution in [3.63, 3.8) is 0 Å². The third-order valence-electron chi connectivity index (χ3n) is 2.70. The van der Waals surface area contributed by atoms with E-state index in [4.69, 9.17) is 11.6 Å². The fourth-order valence-corrected chi connectivity index (χ4v) is 3.63. The summed E-state index contributed by atoms with van der Waals surface area (Å²) in [5, 5.41) is 0. The van der Waals surface area contributed by atoms with Gasteiger partial charge >= 0.3 is 0 Å². The first kappa shape index (κ1) is 11.6. The molecule has 0 spiro atoms. The van der Waals surface area contributed by atoms with Crippen LogP contribution in [-0.4, -0.2) is 25.8 Å². The average molecular weight is 259 g/mol. The van der Waals surface area contributed by atoms with Crippen LogP contribution in [0.1, 0.15) is 22.3 Å². The highest BCUT2D eigenvalue weighted by Gasteiger charge is 2.23. The largest absolute Gasteiger partial charge is 0.293 e. The molecular formula is C11H11ClO3S. The smallest absolute Gasteiger partial charge is 0.178 e. The quantitative estimate of drug-likeness (QED) is 0.601. The summed E-state index contributed by atoms with van der Waals surface area (Å²) in [6.45, 7) is 0. The van der Waals surface area contributed by atoms with Crippen LogP contribution in [0, 0.1) is 0 Å². The number of hydrogen-bond donors (Lipinski definition) is 0. The molecule has 1 aromatic carbocycles. The number of Topliss-reactive ketones (excluding diaryl/α,β-unsaturated/α-hetero) is 1. The monoisotopic (exact) mass is 258 g/mol. The van der Waals surface area contributed by atoms with E-state index in [1.54, 1.807) is 6.07 Å². The van der Waals surface area contributed by atoms with Crippen LogP contribution in [-0.2, 0) is 16.3 Å². The summed E-state index contributed by atoms with van der Waals surface area (Å²) in [7, 11) is -3.14. The molecule has 0 amide bonds. The summed E-state index contributed by atoms with van der Waals surface area (Å²) < 4.78 is 23.4. The molecule has 16 heavy (non-hydrogen) atoms. The van der Waals surface area contributed by atoms with Crippen molar-refractivity contribution in [1.29, 1.82) is 0 Å². The molecule has 86 valence electrons. The van der Waals surface area contributed by atoms with Crippen LogP contribution in [0.2, 0.25) is 0 Å². The normalized spacial score (nSPS) is 17.8. The van der Waals surface area contributed by atoms with E-state index in [9.17, 15) is 13.2 Å². The van der Waals surface area contributed by atoms with E-state index >= 15 is 0 Å². The number of carbonyl (C=O) groups is 1. The predicted molar refractivity (Wildman–Crippen MR) is 61.9 cm³/mol. The topological polar surface area (TPSA) is 51.2 Å². The van der Waals surface area contributed by atoms with Crippen molar-refractivity contribution >= 4 is 27.2 Å². The Labute approximate surface area is 99.3 Å². The van der Waals surface area contributed by atoms with Crippen LogP contribution >= 0.6 is 11.6 Å². The zero-order valence-electron chi connectivity index (χ0n) is 8.57. The molecule has 0 aromatic heterocycles. The van der Waals surface area contributed by atoms with E-state index in [1.165, 1.54) is 12.1 Å². The summed E-state index contributed by atoms with van der Waals surface area (Å²) in [6.07, 6.45) is 1.33. The molecule has 1 heterocycles. The van der Waals surface area contributed by atoms with Crippen LogP contribution in [0.4, 0.5) is 0 Å². The summed E-state index contributed by atoms with van der Waals surface area (Å²) >= 11 is 5.46. The summed E-state index contributed by atoms with van der Waals surface area (Å²) in [6, 6.07) is 4.70. The highest BCUT2D eigenvalue weighted by molar-refractivity contribution is 7.91. The number of benzene rings is 1. The molecule has 0 atom stereocenters. The Morgan fingerprint density at radius 2 is 2.12 bits per heavy atom. The van der Waals surface area contributed by atoms with Gasteiger partial charge in [0, 0.05) is 5.56 Å². The van der Waals surface area contributed by atoms with Crippen LogP contribution in [0.5, 0.6) is 0 Å². The van der Waals surface area contributed by atoms with Gasteiger partial charge in [0.2, 0.25) is 0 Å². The van der Waals surface area contributed by atoms with Crippen molar-refractivity contribution in [2.24, 2.45) is 0 Å². The van der Waals surface area contributed by atoms with E-state index in [2.05, 4.69) is 0 Å². The van der Waals surface area contributed by atoms with E-state index in [0.717, 1.165) is 5.56 Å². The molecule has 0 fully saturated rings. The van der Waals surface area contributed by atoms with E-state index < -0.39 is 9.84 Å². The molecule has 1 aromatic rings. The number of rotatable bonds is 2.